The third-order valence-corrected chi connectivity index (χ3v) is 4.34. The molecule has 100 valence electrons. The highest BCUT2D eigenvalue weighted by atomic mass is 35.5. The number of nitrogens with zero attached hydrogens (tertiary/aromatic N) is 3. The molecule has 2 aromatic rings. The summed E-state index contributed by atoms with van der Waals surface area (Å²) >= 11 is 14.0. The highest BCUT2D eigenvalue weighted by Gasteiger charge is 2.16. The Hall–Kier alpha value is -0.970. The summed E-state index contributed by atoms with van der Waals surface area (Å²) in [5.41, 5.74) is 1.05. The van der Waals surface area contributed by atoms with Crippen LogP contribution in [0.2, 0.25) is 10.0 Å². The first kappa shape index (κ1) is 14.4. The van der Waals surface area contributed by atoms with Crippen LogP contribution in [-0.4, -0.2) is 20.5 Å². The molecule has 2 rings (SSSR count). The predicted molar refractivity (Wildman–Crippen MR) is 81.9 cm³/mol. The van der Waals surface area contributed by atoms with Gasteiger partial charge in [0.05, 0.1) is 11.8 Å². The fourth-order valence-electron chi connectivity index (χ4n) is 1.68. The van der Waals surface area contributed by atoms with Crippen LogP contribution < -0.4 is 0 Å². The largest absolute Gasteiger partial charge is 0.252 e. The van der Waals surface area contributed by atoms with Crippen LogP contribution in [0.25, 0.3) is 0 Å². The van der Waals surface area contributed by atoms with Gasteiger partial charge in [0.1, 0.15) is 12.7 Å². The Kier molecular flexibility index (Phi) is 5.31. The molecule has 3 nitrogen and oxygen atoms in total. The molecule has 6 heteroatoms. The van der Waals surface area contributed by atoms with Crippen LogP contribution >= 0.6 is 35.0 Å². The number of halogens is 2. The molecule has 1 unspecified atom stereocenters. The van der Waals surface area contributed by atoms with Crippen molar-refractivity contribution in [1.82, 2.24) is 14.8 Å². The molecule has 19 heavy (non-hydrogen) atoms. The molecule has 1 aromatic carbocycles. The van der Waals surface area contributed by atoms with Gasteiger partial charge in [-0.15, -0.1) is 18.3 Å². The first-order valence-corrected chi connectivity index (χ1v) is 7.51. The van der Waals surface area contributed by atoms with Crippen LogP contribution in [0.3, 0.4) is 0 Å². The summed E-state index contributed by atoms with van der Waals surface area (Å²) in [4.78, 5) is 3.95. The molecule has 0 saturated heterocycles. The summed E-state index contributed by atoms with van der Waals surface area (Å²) in [5, 5.41) is 5.63. The van der Waals surface area contributed by atoms with E-state index in [9.17, 15) is 0 Å². The van der Waals surface area contributed by atoms with Gasteiger partial charge in [-0.3, -0.25) is 4.68 Å². The van der Waals surface area contributed by atoms with Crippen LogP contribution in [0.15, 0.2) is 43.5 Å². The maximum absolute atomic E-state index is 6.27. The molecule has 0 amide bonds. The third-order valence-electron chi connectivity index (χ3n) is 2.54. The van der Waals surface area contributed by atoms with Gasteiger partial charge in [-0.05, 0) is 17.7 Å². The second kappa shape index (κ2) is 6.98. The van der Waals surface area contributed by atoms with E-state index < -0.39 is 0 Å². The van der Waals surface area contributed by atoms with Crippen LogP contribution in [-0.2, 0) is 6.54 Å². The molecule has 0 aliphatic heterocycles. The Balaban J connectivity index is 2.22. The zero-order valence-electron chi connectivity index (χ0n) is 10.2. The van der Waals surface area contributed by atoms with Crippen molar-refractivity contribution in [3.63, 3.8) is 0 Å². The van der Waals surface area contributed by atoms with E-state index in [1.165, 1.54) is 6.33 Å². The minimum absolute atomic E-state index is 0.185. The number of thioether (sulfide) groups is 1. The summed E-state index contributed by atoms with van der Waals surface area (Å²) in [6.07, 6.45) is 5.10. The average Bonchev–Trinajstić information content (AvgIpc) is 2.88. The van der Waals surface area contributed by atoms with Crippen molar-refractivity contribution in [2.24, 2.45) is 0 Å². The normalized spacial score (nSPS) is 12.3. The topological polar surface area (TPSA) is 30.7 Å². The molecule has 0 aliphatic carbocycles. The highest BCUT2D eigenvalue weighted by molar-refractivity contribution is 7.99. The van der Waals surface area contributed by atoms with E-state index in [1.807, 2.05) is 18.2 Å². The zero-order chi connectivity index (χ0) is 13.7. The molecule has 0 fully saturated rings. The summed E-state index contributed by atoms with van der Waals surface area (Å²) in [7, 11) is 0. The van der Waals surface area contributed by atoms with Crippen molar-refractivity contribution in [3.05, 3.63) is 59.1 Å². The summed E-state index contributed by atoms with van der Waals surface area (Å²) in [6.45, 7) is 4.46. The van der Waals surface area contributed by atoms with Crippen LogP contribution in [0.5, 0.6) is 0 Å². The van der Waals surface area contributed by atoms with Gasteiger partial charge >= 0.3 is 0 Å². The second-order valence-electron chi connectivity index (χ2n) is 3.89. The monoisotopic (exact) mass is 313 g/mol. The van der Waals surface area contributed by atoms with E-state index in [1.54, 1.807) is 28.8 Å². The first-order chi connectivity index (χ1) is 9.20. The van der Waals surface area contributed by atoms with Gasteiger partial charge in [0.15, 0.2) is 0 Å². The van der Waals surface area contributed by atoms with Crippen molar-refractivity contribution in [2.45, 2.75) is 11.8 Å². The molecule has 1 atom stereocenters. The van der Waals surface area contributed by atoms with Crippen molar-refractivity contribution < 1.29 is 0 Å². The molecule has 0 radical (unpaired) electrons. The number of rotatable bonds is 6. The summed E-state index contributed by atoms with van der Waals surface area (Å²) in [5.74, 6) is 0.846. The Bertz CT molecular complexity index is 543. The molecule has 0 saturated carbocycles. The molecule has 0 bridgehead atoms. The summed E-state index contributed by atoms with van der Waals surface area (Å²) in [6, 6.07) is 5.58. The zero-order valence-corrected chi connectivity index (χ0v) is 12.5. The quantitative estimate of drug-likeness (QED) is 0.747. The molecule has 1 heterocycles. The van der Waals surface area contributed by atoms with Crippen molar-refractivity contribution in [1.29, 1.82) is 0 Å². The van der Waals surface area contributed by atoms with E-state index in [4.69, 9.17) is 23.2 Å². The Morgan fingerprint density at radius 1 is 1.42 bits per heavy atom. The number of hydrogen-bond donors (Lipinski definition) is 0. The smallest absolute Gasteiger partial charge is 0.137 e. The minimum atomic E-state index is 0.185. The SMILES string of the molecule is C=CCSC(Cn1cncn1)c1ccc(Cl)cc1Cl. The van der Waals surface area contributed by atoms with E-state index in [0.717, 1.165) is 11.3 Å². The van der Waals surface area contributed by atoms with Gasteiger partial charge in [0, 0.05) is 15.8 Å². The fraction of sp³-hybridized carbons (Fsp3) is 0.231. The maximum Gasteiger partial charge on any atom is 0.137 e. The lowest BCUT2D eigenvalue weighted by atomic mass is 10.1. The van der Waals surface area contributed by atoms with E-state index in [-0.39, 0.29) is 5.25 Å². The maximum atomic E-state index is 6.27. The van der Waals surface area contributed by atoms with E-state index in [2.05, 4.69) is 16.7 Å². The number of hydrogen-bond acceptors (Lipinski definition) is 3. The van der Waals surface area contributed by atoms with Gasteiger partial charge in [0.25, 0.3) is 0 Å². The van der Waals surface area contributed by atoms with E-state index >= 15 is 0 Å². The van der Waals surface area contributed by atoms with Crippen molar-refractivity contribution in [3.8, 4) is 0 Å². The minimum Gasteiger partial charge on any atom is -0.252 e. The lowest BCUT2D eigenvalue weighted by Crippen LogP contribution is -2.08. The van der Waals surface area contributed by atoms with Gasteiger partial charge in [-0.25, -0.2) is 4.98 Å². The van der Waals surface area contributed by atoms with Gasteiger partial charge < -0.3 is 0 Å². The lowest BCUT2D eigenvalue weighted by Gasteiger charge is -2.17. The Morgan fingerprint density at radius 2 is 2.26 bits per heavy atom. The number of benzene rings is 1. The fourth-order valence-corrected chi connectivity index (χ4v) is 3.30. The molecule has 1 aromatic heterocycles. The highest BCUT2D eigenvalue weighted by Crippen LogP contribution is 2.36. The van der Waals surface area contributed by atoms with Crippen molar-refractivity contribution in [2.75, 3.05) is 5.75 Å². The third kappa shape index (κ3) is 4.00. The van der Waals surface area contributed by atoms with Crippen LogP contribution in [0, 0.1) is 0 Å². The van der Waals surface area contributed by atoms with Gasteiger partial charge in [0.2, 0.25) is 0 Å². The van der Waals surface area contributed by atoms with Crippen molar-refractivity contribution >= 4 is 35.0 Å². The Morgan fingerprint density at radius 3 is 2.89 bits per heavy atom. The molecular formula is C13H13Cl2N3S. The van der Waals surface area contributed by atoms with Gasteiger partial charge in [-0.1, -0.05) is 35.3 Å². The van der Waals surface area contributed by atoms with Crippen LogP contribution in [0.1, 0.15) is 10.8 Å². The average molecular weight is 314 g/mol. The van der Waals surface area contributed by atoms with Gasteiger partial charge in [-0.2, -0.15) is 5.10 Å². The standard InChI is InChI=1S/C13H13Cl2N3S/c1-2-5-19-13(7-18-9-16-8-17-18)11-4-3-10(14)6-12(11)15/h2-4,6,8-9,13H,1,5,7H2. The molecule has 0 spiro atoms. The summed E-state index contributed by atoms with van der Waals surface area (Å²) < 4.78 is 1.80. The predicted octanol–water partition coefficient (Wildman–Crippen LogP) is 4.25. The number of aromatic nitrogens is 3. The van der Waals surface area contributed by atoms with E-state index in [0.29, 0.717) is 16.6 Å². The first-order valence-electron chi connectivity index (χ1n) is 5.70. The molecule has 0 aliphatic rings. The van der Waals surface area contributed by atoms with Crippen LogP contribution in [0.4, 0.5) is 0 Å². The molecular weight excluding hydrogens is 301 g/mol. The lowest BCUT2D eigenvalue weighted by molar-refractivity contribution is 0.605. The molecule has 0 N–H and O–H groups in total. The second-order valence-corrected chi connectivity index (χ2v) is 5.97. The Labute approximate surface area is 126 Å².